The molecule has 0 aliphatic carbocycles. The van der Waals surface area contributed by atoms with Gasteiger partial charge in [0, 0.05) is 6.42 Å². The van der Waals surface area contributed by atoms with E-state index in [0.29, 0.717) is 6.42 Å². The summed E-state index contributed by atoms with van der Waals surface area (Å²) in [7, 11) is 0. The molecular formula is C26H39NO. The van der Waals surface area contributed by atoms with E-state index in [1.54, 1.807) is 0 Å². The van der Waals surface area contributed by atoms with Crippen LogP contribution in [0.25, 0.3) is 10.8 Å². The van der Waals surface area contributed by atoms with Crippen LogP contribution in [0.3, 0.4) is 0 Å². The highest BCUT2D eigenvalue weighted by Gasteiger charge is 2.11. The Hall–Kier alpha value is -1.83. The number of hydrogen-bond donors (Lipinski definition) is 1. The van der Waals surface area contributed by atoms with Gasteiger partial charge < -0.3 is 5.32 Å². The minimum atomic E-state index is 0.0475. The molecule has 2 heteroatoms. The van der Waals surface area contributed by atoms with Crippen LogP contribution in [0.15, 0.2) is 42.5 Å². The average molecular weight is 382 g/mol. The van der Waals surface area contributed by atoms with Crippen molar-refractivity contribution in [3.8, 4) is 0 Å². The van der Waals surface area contributed by atoms with E-state index in [1.165, 1.54) is 80.5 Å². The van der Waals surface area contributed by atoms with Gasteiger partial charge in [-0.15, -0.1) is 0 Å². The maximum atomic E-state index is 12.3. The number of carbonyl (C=O) groups is 1. The summed E-state index contributed by atoms with van der Waals surface area (Å²) < 4.78 is 0. The Morgan fingerprint density at radius 1 is 0.786 bits per heavy atom. The predicted molar refractivity (Wildman–Crippen MR) is 122 cm³/mol. The van der Waals surface area contributed by atoms with Gasteiger partial charge in [0.1, 0.15) is 0 Å². The minimum absolute atomic E-state index is 0.0475. The zero-order valence-corrected chi connectivity index (χ0v) is 18.0. The first-order chi connectivity index (χ1) is 13.7. The zero-order chi connectivity index (χ0) is 20.0. The van der Waals surface area contributed by atoms with E-state index >= 15 is 0 Å². The van der Waals surface area contributed by atoms with Crippen molar-refractivity contribution in [2.45, 2.75) is 96.9 Å². The van der Waals surface area contributed by atoms with Gasteiger partial charge >= 0.3 is 0 Å². The number of fused-ring (bicyclic) bond motifs is 1. The lowest BCUT2D eigenvalue weighted by atomic mass is 9.99. The van der Waals surface area contributed by atoms with Gasteiger partial charge in [0.2, 0.25) is 5.91 Å². The van der Waals surface area contributed by atoms with Crippen molar-refractivity contribution in [1.82, 2.24) is 5.32 Å². The first-order valence-electron chi connectivity index (χ1n) is 11.5. The van der Waals surface area contributed by atoms with Crippen molar-refractivity contribution in [1.29, 1.82) is 0 Å². The number of unbranched alkanes of at least 4 members (excludes halogenated alkanes) is 10. The maximum Gasteiger partial charge on any atom is 0.220 e. The fourth-order valence-electron chi connectivity index (χ4n) is 3.97. The molecule has 0 saturated heterocycles. The van der Waals surface area contributed by atoms with E-state index in [2.05, 4.69) is 61.6 Å². The molecule has 0 aliphatic rings. The van der Waals surface area contributed by atoms with Crippen LogP contribution in [-0.2, 0) is 4.79 Å². The highest BCUT2D eigenvalue weighted by molar-refractivity contribution is 5.86. The van der Waals surface area contributed by atoms with Gasteiger partial charge in [0.15, 0.2) is 0 Å². The lowest BCUT2D eigenvalue weighted by Gasteiger charge is -2.16. The molecule has 2 aromatic rings. The minimum Gasteiger partial charge on any atom is -0.350 e. The Balaban J connectivity index is 1.57. The molecular weight excluding hydrogens is 342 g/mol. The van der Waals surface area contributed by atoms with Crippen molar-refractivity contribution in [3.63, 3.8) is 0 Å². The summed E-state index contributed by atoms with van der Waals surface area (Å²) in [5.74, 6) is 0.177. The van der Waals surface area contributed by atoms with Crippen LogP contribution in [0.4, 0.5) is 0 Å². The van der Waals surface area contributed by atoms with E-state index in [9.17, 15) is 4.79 Å². The van der Waals surface area contributed by atoms with Gasteiger partial charge in [-0.1, -0.05) is 114 Å². The van der Waals surface area contributed by atoms with Gasteiger partial charge in [0.05, 0.1) is 6.04 Å². The van der Waals surface area contributed by atoms with Crippen LogP contribution < -0.4 is 5.32 Å². The maximum absolute atomic E-state index is 12.3. The second-order valence-corrected chi connectivity index (χ2v) is 8.14. The lowest BCUT2D eigenvalue weighted by molar-refractivity contribution is -0.121. The molecule has 0 fully saturated rings. The quantitative estimate of drug-likeness (QED) is 0.333. The zero-order valence-electron chi connectivity index (χ0n) is 18.0. The Bertz CT molecular complexity index is 688. The van der Waals surface area contributed by atoms with Crippen molar-refractivity contribution in [3.05, 3.63) is 48.0 Å². The predicted octanol–water partition coefficient (Wildman–Crippen LogP) is 7.72. The first-order valence-corrected chi connectivity index (χ1v) is 11.5. The van der Waals surface area contributed by atoms with Crippen LogP contribution in [-0.4, -0.2) is 5.91 Å². The van der Waals surface area contributed by atoms with E-state index in [1.807, 2.05) is 0 Å². The molecule has 0 saturated carbocycles. The van der Waals surface area contributed by atoms with Gasteiger partial charge in [-0.25, -0.2) is 0 Å². The molecule has 28 heavy (non-hydrogen) atoms. The summed E-state index contributed by atoms with van der Waals surface area (Å²) in [5, 5.41) is 5.64. The Morgan fingerprint density at radius 3 is 2.04 bits per heavy atom. The summed E-state index contributed by atoms with van der Waals surface area (Å²) in [6.45, 7) is 4.35. The summed E-state index contributed by atoms with van der Waals surface area (Å²) >= 11 is 0. The Labute approximate surface area is 172 Å². The van der Waals surface area contributed by atoms with Crippen molar-refractivity contribution in [2.24, 2.45) is 0 Å². The number of benzene rings is 2. The topological polar surface area (TPSA) is 29.1 Å². The number of nitrogens with one attached hydrogen (secondary N) is 1. The van der Waals surface area contributed by atoms with Gasteiger partial charge in [-0.3, -0.25) is 4.79 Å². The largest absolute Gasteiger partial charge is 0.350 e. The lowest BCUT2D eigenvalue weighted by Crippen LogP contribution is -2.26. The van der Waals surface area contributed by atoms with Crippen LogP contribution in [0.5, 0.6) is 0 Å². The highest BCUT2D eigenvalue weighted by Crippen LogP contribution is 2.24. The molecule has 0 aromatic heterocycles. The van der Waals surface area contributed by atoms with Crippen molar-refractivity contribution < 1.29 is 4.79 Å². The molecule has 1 unspecified atom stereocenters. The first kappa shape index (κ1) is 22.5. The molecule has 1 atom stereocenters. The van der Waals surface area contributed by atoms with E-state index in [4.69, 9.17) is 0 Å². The fraction of sp³-hybridized carbons (Fsp3) is 0.577. The molecule has 2 nitrogen and oxygen atoms in total. The molecule has 0 spiro atoms. The monoisotopic (exact) mass is 381 g/mol. The number of amides is 1. The Kier molecular flexibility index (Phi) is 10.7. The summed E-state index contributed by atoms with van der Waals surface area (Å²) in [6, 6.07) is 14.7. The fourth-order valence-corrected chi connectivity index (χ4v) is 3.97. The van der Waals surface area contributed by atoms with Crippen LogP contribution in [0, 0.1) is 0 Å². The molecule has 154 valence electrons. The van der Waals surface area contributed by atoms with Gasteiger partial charge in [0.25, 0.3) is 0 Å². The number of hydrogen-bond acceptors (Lipinski definition) is 1. The molecule has 0 radical (unpaired) electrons. The standard InChI is InChI=1S/C26H39NO/c1-3-4-5-6-7-8-9-10-11-12-13-21-26(28)27-22(2)24-20-16-18-23-17-14-15-19-25(23)24/h14-20,22H,3-13,21H2,1-2H3,(H,27,28). The molecule has 1 amide bonds. The molecule has 0 bridgehead atoms. The molecule has 0 aliphatic heterocycles. The van der Waals surface area contributed by atoms with Gasteiger partial charge in [-0.2, -0.15) is 0 Å². The second kappa shape index (κ2) is 13.4. The number of rotatable bonds is 14. The SMILES string of the molecule is CCCCCCCCCCCCCC(=O)NC(C)c1cccc2ccccc12. The molecule has 0 heterocycles. The second-order valence-electron chi connectivity index (χ2n) is 8.14. The molecule has 2 rings (SSSR count). The third-order valence-electron chi connectivity index (χ3n) is 5.67. The van der Waals surface area contributed by atoms with E-state index < -0.39 is 0 Å². The highest BCUT2D eigenvalue weighted by atomic mass is 16.1. The average Bonchev–Trinajstić information content (AvgIpc) is 2.71. The third kappa shape index (κ3) is 8.04. The van der Waals surface area contributed by atoms with Crippen molar-refractivity contribution >= 4 is 16.7 Å². The van der Waals surface area contributed by atoms with Crippen LogP contribution >= 0.6 is 0 Å². The summed E-state index contributed by atoms with van der Waals surface area (Å²) in [6.07, 6.45) is 15.1. The third-order valence-corrected chi connectivity index (χ3v) is 5.67. The number of carbonyl (C=O) groups excluding carboxylic acids is 1. The smallest absolute Gasteiger partial charge is 0.220 e. The van der Waals surface area contributed by atoms with E-state index in [-0.39, 0.29) is 11.9 Å². The van der Waals surface area contributed by atoms with Gasteiger partial charge in [-0.05, 0) is 29.7 Å². The summed E-state index contributed by atoms with van der Waals surface area (Å²) in [4.78, 5) is 12.3. The van der Waals surface area contributed by atoms with Crippen molar-refractivity contribution in [2.75, 3.05) is 0 Å². The molecule has 1 N–H and O–H groups in total. The van der Waals surface area contributed by atoms with Crippen LogP contribution in [0.2, 0.25) is 0 Å². The van der Waals surface area contributed by atoms with E-state index in [0.717, 1.165) is 6.42 Å². The summed E-state index contributed by atoms with van der Waals surface area (Å²) in [5.41, 5.74) is 1.20. The molecule has 2 aromatic carbocycles. The Morgan fingerprint density at radius 2 is 1.36 bits per heavy atom. The normalized spacial score (nSPS) is 12.2. The van der Waals surface area contributed by atoms with Crippen LogP contribution in [0.1, 0.15) is 103 Å².